The summed E-state index contributed by atoms with van der Waals surface area (Å²) in [7, 11) is 0. The van der Waals surface area contributed by atoms with Crippen molar-refractivity contribution in [3.8, 4) is 17.5 Å². The van der Waals surface area contributed by atoms with Gasteiger partial charge in [0, 0.05) is 31.9 Å². The zero-order chi connectivity index (χ0) is 24.5. The number of halogens is 1. The number of hydrogen-bond acceptors (Lipinski definition) is 9. The summed E-state index contributed by atoms with van der Waals surface area (Å²) >= 11 is 0. The van der Waals surface area contributed by atoms with Crippen LogP contribution in [0.4, 0.5) is 16.0 Å². The normalized spacial score (nSPS) is 22.2. The van der Waals surface area contributed by atoms with Crippen LogP contribution in [-0.2, 0) is 9.47 Å². The van der Waals surface area contributed by atoms with Gasteiger partial charge in [-0.15, -0.1) is 0 Å². The van der Waals surface area contributed by atoms with Gasteiger partial charge in [-0.3, -0.25) is 4.90 Å². The van der Waals surface area contributed by atoms with Crippen LogP contribution in [0.3, 0.4) is 0 Å². The van der Waals surface area contributed by atoms with Crippen molar-refractivity contribution in [3.05, 3.63) is 36.4 Å². The Kier molecular flexibility index (Phi) is 6.17. The van der Waals surface area contributed by atoms with Gasteiger partial charge in [0.2, 0.25) is 5.82 Å². The Labute approximate surface area is 208 Å². The van der Waals surface area contributed by atoms with Crippen molar-refractivity contribution >= 4 is 17.2 Å². The average Bonchev–Trinajstić information content (AvgIpc) is 3.32. The van der Waals surface area contributed by atoms with Crippen LogP contribution in [0.5, 0.6) is 0 Å². The van der Waals surface area contributed by atoms with Crippen LogP contribution in [0.15, 0.2) is 30.6 Å². The van der Waals surface area contributed by atoms with Crippen molar-refractivity contribution in [3.63, 3.8) is 0 Å². The lowest BCUT2D eigenvalue weighted by Gasteiger charge is -2.51. The maximum Gasteiger partial charge on any atom is 0.207 e. The van der Waals surface area contributed by atoms with E-state index in [-0.39, 0.29) is 23.2 Å². The molecule has 36 heavy (non-hydrogen) atoms. The number of nitriles is 1. The van der Waals surface area contributed by atoms with Crippen LogP contribution < -0.4 is 10.2 Å². The SMILES string of the molecule is N#CCC1(N2CCC[C@@H](Nc3nc(-c4cnn5ccccc45)nc(N4CCOCC4)c3F)C2)COC1. The summed E-state index contributed by atoms with van der Waals surface area (Å²) in [6.45, 7) is 4.92. The number of piperidine rings is 1. The summed E-state index contributed by atoms with van der Waals surface area (Å²) < 4.78 is 28.6. The highest BCUT2D eigenvalue weighted by molar-refractivity contribution is 5.77. The predicted molar refractivity (Wildman–Crippen MR) is 131 cm³/mol. The molecule has 1 atom stereocenters. The first-order valence-electron chi connectivity index (χ1n) is 12.5. The number of nitrogens with one attached hydrogen (secondary N) is 1. The Morgan fingerprint density at radius 2 is 2.03 bits per heavy atom. The minimum Gasteiger partial charge on any atom is -0.378 e. The standard InChI is InChI=1S/C25H29FN8O2/c26-21-23(29-18-4-3-8-33(15-18)25(6-7-27)16-36-17-25)30-22(31-24(21)32-10-12-35-13-11-32)19-14-28-34-9-2-1-5-20(19)34/h1-2,5,9,14,18H,3-4,6,8,10-13,15-17H2,(H,29,30,31)/t18-/m1/s1. The number of hydrogen-bond donors (Lipinski definition) is 1. The van der Waals surface area contributed by atoms with Gasteiger partial charge in [0.15, 0.2) is 17.5 Å². The zero-order valence-corrected chi connectivity index (χ0v) is 20.1. The topological polar surface area (TPSA) is 104 Å². The van der Waals surface area contributed by atoms with E-state index in [0.29, 0.717) is 58.3 Å². The van der Waals surface area contributed by atoms with Crippen LogP contribution in [0, 0.1) is 17.1 Å². The number of nitrogens with zero attached hydrogens (tertiary/aromatic N) is 7. The van der Waals surface area contributed by atoms with Crippen molar-refractivity contribution in [2.75, 3.05) is 62.8 Å². The Bertz CT molecular complexity index is 1280. The van der Waals surface area contributed by atoms with Crippen molar-refractivity contribution in [1.29, 1.82) is 5.26 Å². The highest BCUT2D eigenvalue weighted by Crippen LogP contribution is 2.34. The van der Waals surface area contributed by atoms with Gasteiger partial charge in [0.05, 0.1) is 61.7 Å². The second kappa shape index (κ2) is 9.61. The molecule has 0 amide bonds. The third kappa shape index (κ3) is 4.15. The van der Waals surface area contributed by atoms with Crippen molar-refractivity contribution < 1.29 is 13.9 Å². The molecule has 6 rings (SSSR count). The molecule has 3 saturated heterocycles. The van der Waals surface area contributed by atoms with Crippen LogP contribution in [0.1, 0.15) is 19.3 Å². The number of aromatic nitrogens is 4. The molecule has 0 spiro atoms. The summed E-state index contributed by atoms with van der Waals surface area (Å²) in [5.74, 6) is 0.459. The molecule has 0 aliphatic carbocycles. The summed E-state index contributed by atoms with van der Waals surface area (Å²) in [6, 6.07) is 8.10. The van der Waals surface area contributed by atoms with E-state index in [1.165, 1.54) is 0 Å². The summed E-state index contributed by atoms with van der Waals surface area (Å²) in [5.41, 5.74) is 1.37. The van der Waals surface area contributed by atoms with E-state index in [1.54, 1.807) is 10.7 Å². The molecular formula is C25H29FN8O2. The van der Waals surface area contributed by atoms with Crippen LogP contribution in [0.2, 0.25) is 0 Å². The largest absolute Gasteiger partial charge is 0.378 e. The van der Waals surface area contributed by atoms with Gasteiger partial charge >= 0.3 is 0 Å². The Morgan fingerprint density at radius 1 is 1.17 bits per heavy atom. The summed E-state index contributed by atoms with van der Waals surface area (Å²) in [4.78, 5) is 13.6. The highest BCUT2D eigenvalue weighted by atomic mass is 19.1. The van der Waals surface area contributed by atoms with E-state index >= 15 is 4.39 Å². The molecule has 11 heteroatoms. The first-order chi connectivity index (χ1) is 17.7. The van der Waals surface area contributed by atoms with E-state index in [0.717, 1.165) is 30.5 Å². The number of anilines is 2. The van der Waals surface area contributed by atoms with Gasteiger partial charge in [-0.2, -0.15) is 14.8 Å². The molecule has 0 aromatic carbocycles. The molecule has 3 aromatic rings. The maximum absolute atomic E-state index is 15.9. The minimum atomic E-state index is -0.451. The molecular weight excluding hydrogens is 463 g/mol. The molecule has 0 bridgehead atoms. The summed E-state index contributed by atoms with van der Waals surface area (Å²) in [5, 5.41) is 17.2. The van der Waals surface area contributed by atoms with E-state index < -0.39 is 5.82 Å². The van der Waals surface area contributed by atoms with E-state index in [1.807, 2.05) is 29.3 Å². The molecule has 10 nitrogen and oxygen atoms in total. The second-order valence-electron chi connectivity index (χ2n) is 9.70. The molecule has 188 valence electrons. The average molecular weight is 493 g/mol. The molecule has 3 aliphatic heterocycles. The predicted octanol–water partition coefficient (Wildman–Crippen LogP) is 2.33. The highest BCUT2D eigenvalue weighted by Gasteiger charge is 2.45. The molecule has 3 aliphatic rings. The quantitative estimate of drug-likeness (QED) is 0.555. The van der Waals surface area contributed by atoms with Crippen molar-refractivity contribution in [1.82, 2.24) is 24.5 Å². The lowest BCUT2D eigenvalue weighted by atomic mass is 9.88. The van der Waals surface area contributed by atoms with Gasteiger partial charge in [-0.1, -0.05) is 6.07 Å². The Balaban J connectivity index is 1.34. The first kappa shape index (κ1) is 23.1. The van der Waals surface area contributed by atoms with Crippen LogP contribution in [-0.4, -0.2) is 88.7 Å². The zero-order valence-electron chi connectivity index (χ0n) is 20.1. The van der Waals surface area contributed by atoms with Crippen LogP contribution >= 0.6 is 0 Å². The molecule has 1 N–H and O–H groups in total. The fraction of sp³-hybridized carbons (Fsp3) is 0.520. The summed E-state index contributed by atoms with van der Waals surface area (Å²) in [6.07, 6.45) is 5.86. The Hall–Kier alpha value is -3.33. The van der Waals surface area contributed by atoms with Crippen molar-refractivity contribution in [2.24, 2.45) is 0 Å². The first-order valence-corrected chi connectivity index (χ1v) is 12.5. The molecule has 0 radical (unpaired) electrons. The van der Waals surface area contributed by atoms with Crippen LogP contribution in [0.25, 0.3) is 16.9 Å². The number of ether oxygens (including phenoxy) is 2. The molecule has 0 saturated carbocycles. The fourth-order valence-electron chi connectivity index (χ4n) is 5.34. The number of rotatable bonds is 6. The molecule has 6 heterocycles. The van der Waals surface area contributed by atoms with Gasteiger partial charge < -0.3 is 19.7 Å². The van der Waals surface area contributed by atoms with Gasteiger partial charge in [-0.25, -0.2) is 14.5 Å². The second-order valence-corrected chi connectivity index (χ2v) is 9.70. The lowest BCUT2D eigenvalue weighted by Crippen LogP contribution is -2.65. The maximum atomic E-state index is 15.9. The minimum absolute atomic E-state index is 0.00591. The lowest BCUT2D eigenvalue weighted by molar-refractivity contribution is -0.143. The van der Waals surface area contributed by atoms with Gasteiger partial charge in [0.25, 0.3) is 0 Å². The third-order valence-corrected chi connectivity index (χ3v) is 7.39. The number of likely N-dealkylation sites (tertiary alicyclic amines) is 1. The third-order valence-electron chi connectivity index (χ3n) is 7.39. The number of pyridine rings is 1. The van der Waals surface area contributed by atoms with Gasteiger partial charge in [0.1, 0.15) is 0 Å². The molecule has 3 aromatic heterocycles. The number of fused-ring (bicyclic) bond motifs is 1. The Morgan fingerprint density at radius 3 is 2.81 bits per heavy atom. The molecule has 3 fully saturated rings. The van der Waals surface area contributed by atoms with E-state index in [4.69, 9.17) is 9.47 Å². The van der Waals surface area contributed by atoms with E-state index in [9.17, 15) is 5.26 Å². The molecule has 0 unspecified atom stereocenters. The monoisotopic (exact) mass is 492 g/mol. The van der Waals surface area contributed by atoms with Gasteiger partial charge in [-0.05, 0) is 31.5 Å². The smallest absolute Gasteiger partial charge is 0.207 e. The van der Waals surface area contributed by atoms with Crippen molar-refractivity contribution in [2.45, 2.75) is 30.8 Å². The van der Waals surface area contributed by atoms with E-state index in [2.05, 4.69) is 31.4 Å². The fourth-order valence-corrected chi connectivity index (χ4v) is 5.34. The number of morpholine rings is 1.